The van der Waals surface area contributed by atoms with E-state index in [1.54, 1.807) is 7.11 Å². The van der Waals surface area contributed by atoms with Crippen molar-refractivity contribution >= 4 is 57.6 Å². The number of thiazole rings is 1. The van der Waals surface area contributed by atoms with Gasteiger partial charge in [-0.25, -0.2) is 9.78 Å². The summed E-state index contributed by atoms with van der Waals surface area (Å²) in [5.74, 6) is -0.846. The summed E-state index contributed by atoms with van der Waals surface area (Å²) in [7, 11) is 2.85. The normalized spacial score (nSPS) is 11.5. The van der Waals surface area contributed by atoms with Gasteiger partial charge in [-0.15, -0.1) is 11.3 Å². The van der Waals surface area contributed by atoms with Crippen LogP contribution < -0.4 is 10.1 Å². The van der Waals surface area contributed by atoms with Gasteiger partial charge in [0.2, 0.25) is 5.76 Å². The van der Waals surface area contributed by atoms with Crippen LogP contribution in [0.5, 0.6) is 5.75 Å². The van der Waals surface area contributed by atoms with Crippen LogP contribution in [0.3, 0.4) is 0 Å². The Morgan fingerprint density at radius 1 is 1.18 bits per heavy atom. The molecule has 0 atom stereocenters. The zero-order valence-electron chi connectivity index (χ0n) is 22.0. The topological polar surface area (TPSA) is 107 Å². The van der Waals surface area contributed by atoms with E-state index < -0.39 is 11.9 Å². The van der Waals surface area contributed by atoms with E-state index in [1.807, 2.05) is 23.6 Å². The molecule has 0 bridgehead atoms. The quantitative estimate of drug-likeness (QED) is 0.124. The average Bonchev–Trinajstić information content (AvgIpc) is 3.35. The first-order chi connectivity index (χ1) is 18.6. The summed E-state index contributed by atoms with van der Waals surface area (Å²) in [6.45, 7) is 5.66. The third kappa shape index (κ3) is 8.19. The number of benzene rings is 2. The smallest absolute Gasteiger partial charge is 0.371 e. The number of para-hydroxylation sites is 1. The molecule has 3 aromatic rings. The van der Waals surface area contributed by atoms with Crippen LogP contribution in [0, 0.1) is 5.92 Å². The molecular weight excluding hydrogens is 563 g/mol. The van der Waals surface area contributed by atoms with Crippen molar-refractivity contribution in [2.24, 2.45) is 5.92 Å². The number of halogens is 2. The molecule has 1 aromatic heterocycles. The summed E-state index contributed by atoms with van der Waals surface area (Å²) in [5, 5.41) is 14.3. The Balaban J connectivity index is 1.75. The molecule has 0 saturated heterocycles. The predicted octanol–water partition coefficient (Wildman–Crippen LogP) is 7.05. The molecule has 8 nitrogen and oxygen atoms in total. The molecule has 0 aliphatic rings. The molecule has 0 unspecified atom stereocenters. The fraction of sp³-hybridized carbons (Fsp3) is 0.321. The number of carboxylic acids is 1. The van der Waals surface area contributed by atoms with E-state index in [0.29, 0.717) is 23.4 Å². The second-order valence-corrected chi connectivity index (χ2v) is 10.6. The molecule has 1 amide bonds. The molecule has 1 heterocycles. The highest BCUT2D eigenvalue weighted by molar-refractivity contribution is 7.14. The monoisotopic (exact) mass is 592 g/mol. The van der Waals surface area contributed by atoms with Gasteiger partial charge in [0.05, 0.1) is 30.0 Å². The number of hydrogen-bond acceptors (Lipinski definition) is 7. The van der Waals surface area contributed by atoms with Gasteiger partial charge in [-0.2, -0.15) is 0 Å². The van der Waals surface area contributed by atoms with Crippen LogP contribution in [0.2, 0.25) is 10.0 Å². The van der Waals surface area contributed by atoms with Crippen molar-refractivity contribution in [1.29, 1.82) is 0 Å². The minimum Gasteiger partial charge on any atom is -0.496 e. The number of carboxylic acid groups (broad SMARTS) is 1. The van der Waals surface area contributed by atoms with Crippen molar-refractivity contribution in [1.82, 2.24) is 4.98 Å². The summed E-state index contributed by atoms with van der Waals surface area (Å²) < 4.78 is 16.3. The van der Waals surface area contributed by atoms with E-state index in [9.17, 15) is 9.59 Å². The standard InChI is InChI=1S/C28H30Cl2N2O6S/c1-16(2)14-38-10-6-8-17-7-5-9-19(25(17)37-4)23-15-39-28(31-23)32-26(33)18-11-21(29)20(22(30)12-18)13-24(36-3)27(34)35/h5,7,9,11-13,15-16H,6,8,10,14H2,1-4H3,(H,34,35)(H,31,32,33)/b24-13-. The predicted molar refractivity (Wildman–Crippen MR) is 155 cm³/mol. The number of aliphatic carboxylic acids is 1. The summed E-state index contributed by atoms with van der Waals surface area (Å²) in [6.07, 6.45) is 2.86. The molecule has 0 saturated carbocycles. The Kier molecular flexibility index (Phi) is 11.2. The van der Waals surface area contributed by atoms with Crippen LogP contribution in [0.25, 0.3) is 17.3 Å². The maximum absolute atomic E-state index is 12.9. The third-order valence-electron chi connectivity index (χ3n) is 5.53. The highest BCUT2D eigenvalue weighted by Gasteiger charge is 2.18. The fourth-order valence-corrected chi connectivity index (χ4v) is 5.03. The van der Waals surface area contributed by atoms with Crippen molar-refractivity contribution in [2.45, 2.75) is 26.7 Å². The minimum absolute atomic E-state index is 0.0967. The van der Waals surface area contributed by atoms with E-state index >= 15 is 0 Å². The first-order valence-corrected chi connectivity index (χ1v) is 13.8. The Hall–Kier alpha value is -3.11. The van der Waals surface area contributed by atoms with Gasteiger partial charge in [0.15, 0.2) is 5.13 Å². The Morgan fingerprint density at radius 3 is 2.51 bits per heavy atom. The molecule has 0 fully saturated rings. The van der Waals surface area contributed by atoms with Crippen molar-refractivity contribution in [3.63, 3.8) is 0 Å². The van der Waals surface area contributed by atoms with Crippen LogP contribution in [0.4, 0.5) is 5.13 Å². The molecule has 2 aromatic carbocycles. The van der Waals surface area contributed by atoms with Crippen LogP contribution in [-0.4, -0.2) is 49.4 Å². The highest BCUT2D eigenvalue weighted by atomic mass is 35.5. The second-order valence-electron chi connectivity index (χ2n) is 8.93. The fourth-order valence-electron chi connectivity index (χ4n) is 3.72. The summed E-state index contributed by atoms with van der Waals surface area (Å²) >= 11 is 13.9. The number of aryl methyl sites for hydroxylation is 1. The number of ether oxygens (including phenoxy) is 3. The molecule has 2 N–H and O–H groups in total. The summed E-state index contributed by atoms with van der Waals surface area (Å²) in [6, 6.07) is 8.71. The average molecular weight is 594 g/mol. The Morgan fingerprint density at radius 2 is 1.90 bits per heavy atom. The van der Waals surface area contributed by atoms with Crippen LogP contribution >= 0.6 is 34.5 Å². The molecule has 11 heteroatoms. The summed E-state index contributed by atoms with van der Waals surface area (Å²) in [5.41, 5.74) is 2.96. The largest absolute Gasteiger partial charge is 0.496 e. The molecule has 39 heavy (non-hydrogen) atoms. The zero-order chi connectivity index (χ0) is 28.5. The maximum atomic E-state index is 12.9. The molecule has 0 radical (unpaired) electrons. The SMILES string of the molecule is CO/C(=C\c1c(Cl)cc(C(=O)Nc2nc(-c3cccc(CCCOCC(C)C)c3OC)cs2)cc1Cl)C(=O)O. The Labute approximate surface area is 241 Å². The number of carbonyl (C=O) groups excluding carboxylic acids is 1. The van der Waals surface area contributed by atoms with Gasteiger partial charge in [0.25, 0.3) is 5.91 Å². The van der Waals surface area contributed by atoms with Gasteiger partial charge >= 0.3 is 5.97 Å². The Bertz CT molecular complexity index is 1330. The molecule has 0 aliphatic carbocycles. The van der Waals surface area contributed by atoms with Gasteiger partial charge in [-0.1, -0.05) is 49.2 Å². The van der Waals surface area contributed by atoms with Crippen molar-refractivity contribution in [2.75, 3.05) is 32.8 Å². The number of aromatic nitrogens is 1. The number of rotatable bonds is 13. The van der Waals surface area contributed by atoms with E-state index in [2.05, 4.69) is 24.1 Å². The number of carbonyl (C=O) groups is 2. The molecule has 0 aliphatic heterocycles. The first kappa shape index (κ1) is 30.4. The lowest BCUT2D eigenvalue weighted by Crippen LogP contribution is -2.12. The first-order valence-electron chi connectivity index (χ1n) is 12.1. The van der Waals surface area contributed by atoms with Crippen LogP contribution in [0.1, 0.15) is 41.8 Å². The van der Waals surface area contributed by atoms with Gasteiger partial charge in [0, 0.05) is 35.3 Å². The number of hydrogen-bond donors (Lipinski definition) is 2. The van der Waals surface area contributed by atoms with Gasteiger partial charge in [0.1, 0.15) is 5.75 Å². The van der Waals surface area contributed by atoms with Crippen LogP contribution in [0.15, 0.2) is 41.5 Å². The van der Waals surface area contributed by atoms with E-state index in [-0.39, 0.29) is 26.9 Å². The molecular formula is C28H30Cl2N2O6S. The van der Waals surface area contributed by atoms with E-state index in [1.165, 1.54) is 36.7 Å². The van der Waals surface area contributed by atoms with Crippen LogP contribution in [-0.2, 0) is 20.7 Å². The molecule has 0 spiro atoms. The maximum Gasteiger partial charge on any atom is 0.371 e. The molecule has 208 valence electrons. The minimum atomic E-state index is -1.27. The number of nitrogens with one attached hydrogen (secondary N) is 1. The second kappa shape index (κ2) is 14.3. The number of methoxy groups -OCH3 is 2. The van der Waals surface area contributed by atoms with Crippen molar-refractivity contribution in [3.05, 3.63) is 68.2 Å². The van der Waals surface area contributed by atoms with E-state index in [0.717, 1.165) is 36.3 Å². The zero-order valence-corrected chi connectivity index (χ0v) is 24.4. The van der Waals surface area contributed by atoms with Gasteiger partial charge in [-0.3, -0.25) is 10.1 Å². The lowest BCUT2D eigenvalue weighted by molar-refractivity contribution is -0.135. The number of nitrogens with zero attached hydrogens (tertiary/aromatic N) is 1. The third-order valence-corrected chi connectivity index (χ3v) is 6.92. The lowest BCUT2D eigenvalue weighted by Gasteiger charge is -2.13. The van der Waals surface area contributed by atoms with E-state index in [4.69, 9.17) is 42.5 Å². The van der Waals surface area contributed by atoms with Crippen molar-refractivity contribution < 1.29 is 28.9 Å². The lowest BCUT2D eigenvalue weighted by atomic mass is 10.0. The number of amides is 1. The highest BCUT2D eigenvalue weighted by Crippen LogP contribution is 2.36. The van der Waals surface area contributed by atoms with Crippen molar-refractivity contribution in [3.8, 4) is 17.0 Å². The van der Waals surface area contributed by atoms with Gasteiger partial charge in [-0.05, 0) is 48.6 Å². The number of anilines is 1. The summed E-state index contributed by atoms with van der Waals surface area (Å²) in [4.78, 5) is 28.7. The molecule has 3 rings (SSSR count). The van der Waals surface area contributed by atoms with Gasteiger partial charge < -0.3 is 19.3 Å².